The van der Waals surface area contributed by atoms with E-state index in [4.69, 9.17) is 11.3 Å². The van der Waals surface area contributed by atoms with Gasteiger partial charge in [0.1, 0.15) is 5.52 Å². The molecule has 0 amide bonds. The Hall–Kier alpha value is -2.79. The van der Waals surface area contributed by atoms with Gasteiger partial charge in [0, 0.05) is 19.1 Å². The fourth-order valence-corrected chi connectivity index (χ4v) is 4.10. The van der Waals surface area contributed by atoms with Crippen LogP contribution < -0.4 is 26.2 Å². The topological polar surface area (TPSA) is 83.7 Å². The number of nitrogens with one attached hydrogen (secondary N) is 2. The van der Waals surface area contributed by atoms with Gasteiger partial charge in [-0.3, -0.25) is 14.3 Å². The van der Waals surface area contributed by atoms with Crippen molar-refractivity contribution < 1.29 is 4.74 Å². The van der Waals surface area contributed by atoms with E-state index in [-0.39, 0.29) is 17.3 Å². The first-order chi connectivity index (χ1) is 13.6. The Labute approximate surface area is 162 Å². The minimum atomic E-state index is -0.370. The Kier molecular flexibility index (Phi) is 5.09. The summed E-state index contributed by atoms with van der Waals surface area (Å²) in [6.07, 6.45) is 2.93. The summed E-state index contributed by atoms with van der Waals surface area (Å²) in [5, 5.41) is 3.83. The molecule has 8 nitrogen and oxygen atoms in total. The molecule has 1 unspecified atom stereocenters. The molecule has 2 heterocycles. The zero-order valence-electron chi connectivity index (χ0n) is 16.0. The van der Waals surface area contributed by atoms with E-state index in [0.29, 0.717) is 29.1 Å². The van der Waals surface area contributed by atoms with Crippen LogP contribution in [0.4, 0.5) is 5.69 Å². The standard InChI is InChI=1S/C20H25N5O3/c1-21-8-9-22-11-13-7-10-24(12-13)16-6-5-15-17(18(16)28-2)25(14-3-4-14)20(27)23-19(15)26/h5-6,13-14,22H,3-4,7-12H2,2H3,(H,23,26,27). The maximum absolute atomic E-state index is 12.5. The molecular formula is C20H25N5O3. The summed E-state index contributed by atoms with van der Waals surface area (Å²) in [6, 6.07) is 3.85. The van der Waals surface area contributed by atoms with Gasteiger partial charge in [-0.15, -0.1) is 0 Å². The molecule has 0 spiro atoms. The number of ether oxygens (including phenoxy) is 1. The van der Waals surface area contributed by atoms with Crippen LogP contribution in [0.25, 0.3) is 15.7 Å². The second-order valence-electron chi connectivity index (χ2n) is 7.56. The summed E-state index contributed by atoms with van der Waals surface area (Å²) in [5.41, 5.74) is 0.803. The highest BCUT2D eigenvalue weighted by Crippen LogP contribution is 2.41. The Morgan fingerprint density at radius 1 is 1.32 bits per heavy atom. The molecule has 1 aromatic carbocycles. The molecule has 28 heavy (non-hydrogen) atoms. The van der Waals surface area contributed by atoms with Gasteiger partial charge >= 0.3 is 5.69 Å². The number of fused-ring (bicyclic) bond motifs is 1. The van der Waals surface area contributed by atoms with E-state index in [2.05, 4.69) is 20.0 Å². The predicted molar refractivity (Wildman–Crippen MR) is 108 cm³/mol. The van der Waals surface area contributed by atoms with Gasteiger partial charge in [0.25, 0.3) is 5.56 Å². The number of hydrogen-bond acceptors (Lipinski definition) is 5. The third-order valence-electron chi connectivity index (χ3n) is 5.61. The number of rotatable bonds is 7. The molecule has 1 aromatic heterocycles. The lowest BCUT2D eigenvalue weighted by atomic mass is 10.1. The van der Waals surface area contributed by atoms with Crippen LogP contribution in [-0.4, -0.2) is 49.4 Å². The molecule has 2 N–H and O–H groups in total. The van der Waals surface area contributed by atoms with Gasteiger partial charge in [0.05, 0.1) is 24.7 Å². The number of aromatic amines is 1. The molecule has 2 aliphatic rings. The maximum Gasteiger partial charge on any atom is 0.329 e. The van der Waals surface area contributed by atoms with Crippen molar-refractivity contribution in [1.82, 2.24) is 14.9 Å². The molecule has 1 saturated heterocycles. The number of benzene rings is 1. The minimum Gasteiger partial charge on any atom is -0.492 e. The second kappa shape index (κ2) is 7.68. The highest BCUT2D eigenvalue weighted by molar-refractivity contribution is 5.90. The van der Waals surface area contributed by atoms with Crippen molar-refractivity contribution in [2.75, 3.05) is 44.7 Å². The molecule has 1 aliphatic heterocycles. The lowest BCUT2D eigenvalue weighted by Crippen LogP contribution is -2.31. The van der Waals surface area contributed by atoms with Gasteiger partial charge in [-0.1, -0.05) is 0 Å². The van der Waals surface area contributed by atoms with Crippen LogP contribution in [0.1, 0.15) is 25.3 Å². The number of anilines is 1. The summed E-state index contributed by atoms with van der Waals surface area (Å²) >= 11 is 0. The van der Waals surface area contributed by atoms with Crippen LogP contribution in [0, 0.1) is 12.5 Å². The smallest absolute Gasteiger partial charge is 0.329 e. The summed E-state index contributed by atoms with van der Waals surface area (Å²) in [5.74, 6) is 1.10. The Morgan fingerprint density at radius 2 is 2.14 bits per heavy atom. The van der Waals surface area contributed by atoms with E-state index in [9.17, 15) is 9.59 Å². The van der Waals surface area contributed by atoms with Gasteiger partial charge in [-0.25, -0.2) is 11.4 Å². The monoisotopic (exact) mass is 383 g/mol. The van der Waals surface area contributed by atoms with Gasteiger partial charge < -0.3 is 19.8 Å². The van der Waals surface area contributed by atoms with Crippen LogP contribution in [0.15, 0.2) is 21.7 Å². The third kappa shape index (κ3) is 3.38. The molecule has 2 fully saturated rings. The predicted octanol–water partition coefficient (Wildman–Crippen LogP) is 1.37. The molecule has 2 aromatic rings. The summed E-state index contributed by atoms with van der Waals surface area (Å²) in [6.45, 7) is 10.7. The van der Waals surface area contributed by atoms with E-state index >= 15 is 0 Å². The van der Waals surface area contributed by atoms with E-state index in [1.165, 1.54) is 0 Å². The molecular weight excluding hydrogens is 358 g/mol. The molecule has 148 valence electrons. The molecule has 1 saturated carbocycles. The molecule has 0 radical (unpaired) electrons. The highest BCUT2D eigenvalue weighted by Gasteiger charge is 2.31. The first-order valence-electron chi connectivity index (χ1n) is 9.78. The molecule has 1 aliphatic carbocycles. The highest BCUT2D eigenvalue weighted by atomic mass is 16.5. The fourth-order valence-electron chi connectivity index (χ4n) is 4.10. The average molecular weight is 383 g/mol. The molecule has 0 bridgehead atoms. The first kappa shape index (κ1) is 18.6. The number of aromatic nitrogens is 2. The van der Waals surface area contributed by atoms with Crippen molar-refractivity contribution in [1.29, 1.82) is 0 Å². The molecule has 1 atom stereocenters. The Bertz CT molecular complexity index is 1030. The summed E-state index contributed by atoms with van der Waals surface area (Å²) in [4.78, 5) is 32.9. The lowest BCUT2D eigenvalue weighted by Gasteiger charge is -2.23. The van der Waals surface area contributed by atoms with E-state index in [1.54, 1.807) is 17.7 Å². The van der Waals surface area contributed by atoms with Gasteiger partial charge in [-0.2, -0.15) is 0 Å². The normalized spacial score (nSPS) is 19.1. The minimum absolute atomic E-state index is 0.133. The van der Waals surface area contributed by atoms with Crippen LogP contribution in [0.3, 0.4) is 0 Å². The van der Waals surface area contributed by atoms with Crippen molar-refractivity contribution in [3.63, 3.8) is 0 Å². The van der Waals surface area contributed by atoms with Gasteiger partial charge in [-0.05, 0) is 43.9 Å². The average Bonchev–Trinajstić information content (AvgIpc) is 3.41. The third-order valence-corrected chi connectivity index (χ3v) is 5.61. The van der Waals surface area contributed by atoms with E-state index in [0.717, 1.165) is 51.1 Å². The second-order valence-corrected chi connectivity index (χ2v) is 7.56. The number of nitrogens with zero attached hydrogens (tertiary/aromatic N) is 3. The fraction of sp³-hybridized carbons (Fsp3) is 0.550. The van der Waals surface area contributed by atoms with E-state index in [1.807, 2.05) is 6.07 Å². The van der Waals surface area contributed by atoms with Gasteiger partial charge in [0.15, 0.2) is 5.75 Å². The number of H-pyrrole nitrogens is 1. The van der Waals surface area contributed by atoms with Crippen molar-refractivity contribution in [3.05, 3.63) is 44.4 Å². The largest absolute Gasteiger partial charge is 0.492 e. The van der Waals surface area contributed by atoms with Crippen LogP contribution in [0.5, 0.6) is 5.75 Å². The Morgan fingerprint density at radius 3 is 2.86 bits per heavy atom. The maximum atomic E-state index is 12.5. The summed E-state index contributed by atoms with van der Waals surface area (Å²) < 4.78 is 7.44. The first-order valence-corrected chi connectivity index (χ1v) is 9.78. The van der Waals surface area contributed by atoms with Crippen molar-refractivity contribution in [3.8, 4) is 5.75 Å². The Balaban J connectivity index is 1.67. The number of hydrogen-bond donors (Lipinski definition) is 2. The van der Waals surface area contributed by atoms with Crippen LogP contribution >= 0.6 is 0 Å². The number of methoxy groups -OCH3 is 1. The van der Waals surface area contributed by atoms with Gasteiger partial charge in [0.2, 0.25) is 6.54 Å². The van der Waals surface area contributed by atoms with Crippen LogP contribution in [0.2, 0.25) is 0 Å². The lowest BCUT2D eigenvalue weighted by molar-refractivity contribution is 0.416. The SMILES string of the molecule is [C-]#[N+]CCNCC1CCN(c2ccc3c(=O)[nH]c(=O)n(C4CC4)c3c2OC)C1. The quantitative estimate of drug-likeness (QED) is 0.557. The zero-order valence-corrected chi connectivity index (χ0v) is 16.0. The van der Waals surface area contributed by atoms with Crippen molar-refractivity contribution in [2.24, 2.45) is 5.92 Å². The van der Waals surface area contributed by atoms with Crippen LogP contribution in [-0.2, 0) is 0 Å². The van der Waals surface area contributed by atoms with Crippen molar-refractivity contribution >= 4 is 16.6 Å². The van der Waals surface area contributed by atoms with E-state index < -0.39 is 0 Å². The zero-order chi connectivity index (χ0) is 19.7. The molecule has 4 rings (SSSR count). The summed E-state index contributed by atoms with van der Waals surface area (Å²) in [7, 11) is 1.60. The van der Waals surface area contributed by atoms with Crippen molar-refractivity contribution in [2.45, 2.75) is 25.3 Å². The molecule has 8 heteroatoms.